The summed E-state index contributed by atoms with van der Waals surface area (Å²) < 4.78 is 27.3. The zero-order valence-corrected chi connectivity index (χ0v) is 19.3. The van der Waals surface area contributed by atoms with Gasteiger partial charge in [-0.1, -0.05) is 30.7 Å². The topological polar surface area (TPSA) is 108 Å². The number of rotatable bonds is 8. The van der Waals surface area contributed by atoms with Crippen LogP contribution in [0.25, 0.3) is 5.57 Å². The molecule has 2 aromatic rings. The van der Waals surface area contributed by atoms with Crippen LogP contribution in [0, 0.1) is 10.8 Å². The number of nitrogens with two attached hydrogens (primary N) is 1. The van der Waals surface area contributed by atoms with Crippen molar-refractivity contribution in [2.45, 2.75) is 41.2 Å². The van der Waals surface area contributed by atoms with E-state index in [4.69, 9.17) is 16.6 Å². The van der Waals surface area contributed by atoms with Crippen molar-refractivity contribution in [3.63, 3.8) is 0 Å². The number of sulfone groups is 1. The van der Waals surface area contributed by atoms with Crippen molar-refractivity contribution in [1.82, 2.24) is 0 Å². The Hall–Kier alpha value is -2.16. The van der Waals surface area contributed by atoms with Gasteiger partial charge in [0.05, 0.1) is 18.9 Å². The van der Waals surface area contributed by atoms with E-state index in [-0.39, 0.29) is 15.6 Å². The van der Waals surface area contributed by atoms with Crippen LogP contribution in [0.3, 0.4) is 0 Å². The number of nitrogens with one attached hydrogen (secondary N) is 2. The first-order valence-corrected chi connectivity index (χ1v) is 12.4. The van der Waals surface area contributed by atoms with Gasteiger partial charge in [-0.2, -0.15) is 0 Å². The van der Waals surface area contributed by atoms with Crippen LogP contribution in [0.4, 0.5) is 0 Å². The second-order valence-electron chi connectivity index (χ2n) is 6.50. The van der Waals surface area contributed by atoms with Gasteiger partial charge >= 0.3 is 0 Å². The Morgan fingerprint density at radius 3 is 2.52 bits per heavy atom. The number of benzene rings is 1. The monoisotopic (exact) mass is 447 g/mol. The molecule has 2 rings (SSSR count). The zero-order valence-electron chi connectivity index (χ0n) is 16.9. The summed E-state index contributed by atoms with van der Waals surface area (Å²) in [5, 5.41) is 15.3. The van der Waals surface area contributed by atoms with Crippen molar-refractivity contribution in [2.24, 2.45) is 5.73 Å². The van der Waals surface area contributed by atoms with Gasteiger partial charge in [0, 0.05) is 6.21 Å². The standard InChI is InChI=1S/C21H25N3O2S3/c1-5-13(2)9-17(14(3)12-22)15-7-6-8-16(10-15)29(25,26)19-11-18(20(23)24)28-21(19)27-4/h6-12,22H,5H2,1-4H3,(H3,23,24)/b13-9-,17-14+,22-12?. The fraction of sp³-hybridized carbons (Fsp3) is 0.238. The largest absolute Gasteiger partial charge is 0.383 e. The summed E-state index contributed by atoms with van der Waals surface area (Å²) in [6.45, 7) is 5.90. The molecule has 1 aromatic heterocycles. The highest BCUT2D eigenvalue weighted by Gasteiger charge is 2.25. The molecule has 4 N–H and O–H groups in total. The Kier molecular flexibility index (Phi) is 7.62. The van der Waals surface area contributed by atoms with E-state index in [1.165, 1.54) is 35.4 Å². The summed E-state index contributed by atoms with van der Waals surface area (Å²) in [7, 11) is -3.78. The van der Waals surface area contributed by atoms with E-state index in [1.54, 1.807) is 24.5 Å². The number of hydrogen-bond acceptors (Lipinski definition) is 6. The van der Waals surface area contributed by atoms with Gasteiger partial charge in [0.1, 0.15) is 5.84 Å². The lowest BCUT2D eigenvalue weighted by molar-refractivity contribution is 0.595. The van der Waals surface area contributed by atoms with Crippen LogP contribution in [-0.2, 0) is 9.84 Å². The summed E-state index contributed by atoms with van der Waals surface area (Å²) in [4.78, 5) is 0.786. The Labute approximate surface area is 180 Å². The molecule has 0 radical (unpaired) electrons. The number of thiophene rings is 1. The predicted octanol–water partition coefficient (Wildman–Crippen LogP) is 5.37. The Balaban J connectivity index is 2.66. The van der Waals surface area contributed by atoms with Crippen LogP contribution in [0.15, 0.2) is 61.6 Å². The summed E-state index contributed by atoms with van der Waals surface area (Å²) in [5.41, 5.74) is 9.03. The molecule has 0 spiro atoms. The maximum absolute atomic E-state index is 13.3. The van der Waals surface area contributed by atoms with Gasteiger partial charge in [0.2, 0.25) is 9.84 Å². The van der Waals surface area contributed by atoms with Crippen LogP contribution < -0.4 is 5.73 Å². The molecule has 0 saturated heterocycles. The van der Waals surface area contributed by atoms with Crippen molar-refractivity contribution < 1.29 is 8.42 Å². The minimum absolute atomic E-state index is 0.146. The number of allylic oxidation sites excluding steroid dienone is 4. The van der Waals surface area contributed by atoms with Crippen molar-refractivity contribution in [2.75, 3.05) is 6.26 Å². The van der Waals surface area contributed by atoms with E-state index in [9.17, 15) is 8.42 Å². The first kappa shape index (κ1) is 23.1. The highest BCUT2D eigenvalue weighted by molar-refractivity contribution is 8.01. The minimum Gasteiger partial charge on any atom is -0.383 e. The van der Waals surface area contributed by atoms with E-state index >= 15 is 0 Å². The lowest BCUT2D eigenvalue weighted by Gasteiger charge is -2.11. The van der Waals surface area contributed by atoms with Crippen molar-refractivity contribution in [1.29, 1.82) is 10.8 Å². The van der Waals surface area contributed by atoms with Gasteiger partial charge in [0.15, 0.2) is 0 Å². The molecule has 0 atom stereocenters. The molecule has 0 aliphatic carbocycles. The zero-order chi connectivity index (χ0) is 21.8. The van der Waals surface area contributed by atoms with Crippen LogP contribution in [0.2, 0.25) is 0 Å². The molecule has 0 fully saturated rings. The molecule has 0 saturated carbocycles. The number of amidine groups is 1. The van der Waals surface area contributed by atoms with Gasteiger partial charge in [-0.3, -0.25) is 5.41 Å². The number of hydrogen-bond donors (Lipinski definition) is 3. The van der Waals surface area contributed by atoms with Crippen LogP contribution >= 0.6 is 23.1 Å². The van der Waals surface area contributed by atoms with Crippen molar-refractivity contribution in [3.05, 3.63) is 58.0 Å². The van der Waals surface area contributed by atoms with Crippen LogP contribution in [0.1, 0.15) is 37.6 Å². The Bertz CT molecular complexity index is 1110. The first-order chi connectivity index (χ1) is 13.6. The third kappa shape index (κ3) is 5.07. The molecule has 8 heteroatoms. The van der Waals surface area contributed by atoms with Crippen molar-refractivity contribution >= 4 is 50.6 Å². The summed E-state index contributed by atoms with van der Waals surface area (Å²) in [6, 6.07) is 8.26. The quantitative estimate of drug-likeness (QED) is 0.219. The Morgan fingerprint density at radius 1 is 1.28 bits per heavy atom. The third-order valence-electron chi connectivity index (χ3n) is 4.45. The summed E-state index contributed by atoms with van der Waals surface area (Å²) >= 11 is 2.53. The van der Waals surface area contributed by atoms with E-state index in [1.807, 2.05) is 26.0 Å². The van der Waals surface area contributed by atoms with Crippen molar-refractivity contribution in [3.8, 4) is 0 Å². The predicted molar refractivity (Wildman–Crippen MR) is 124 cm³/mol. The van der Waals surface area contributed by atoms with Gasteiger partial charge in [-0.25, -0.2) is 8.42 Å². The fourth-order valence-electron chi connectivity index (χ4n) is 2.63. The smallest absolute Gasteiger partial charge is 0.208 e. The second kappa shape index (κ2) is 9.56. The van der Waals surface area contributed by atoms with Gasteiger partial charge in [-0.15, -0.1) is 23.1 Å². The Morgan fingerprint density at radius 2 is 1.97 bits per heavy atom. The molecule has 0 unspecified atom stereocenters. The lowest BCUT2D eigenvalue weighted by Crippen LogP contribution is -2.09. The molecule has 1 aromatic carbocycles. The second-order valence-corrected chi connectivity index (χ2v) is 10.5. The first-order valence-electron chi connectivity index (χ1n) is 8.91. The summed E-state index contributed by atoms with van der Waals surface area (Å²) in [5.74, 6) is -0.146. The van der Waals surface area contributed by atoms with Crippen LogP contribution in [0.5, 0.6) is 0 Å². The molecular formula is C21H25N3O2S3. The van der Waals surface area contributed by atoms with E-state index in [0.29, 0.717) is 9.09 Å². The highest BCUT2D eigenvalue weighted by Crippen LogP contribution is 2.37. The molecule has 5 nitrogen and oxygen atoms in total. The van der Waals surface area contributed by atoms with Crippen LogP contribution in [-0.4, -0.2) is 26.7 Å². The molecule has 0 amide bonds. The average Bonchev–Trinajstić information content (AvgIpc) is 3.17. The van der Waals surface area contributed by atoms with E-state index in [2.05, 4.69) is 6.92 Å². The fourth-order valence-corrected chi connectivity index (χ4v) is 6.53. The maximum atomic E-state index is 13.3. The van der Waals surface area contributed by atoms with Gasteiger partial charge < -0.3 is 11.1 Å². The molecule has 0 aliphatic heterocycles. The molecule has 29 heavy (non-hydrogen) atoms. The normalized spacial score (nSPS) is 13.2. The van der Waals surface area contributed by atoms with Gasteiger partial charge in [0.25, 0.3) is 0 Å². The maximum Gasteiger partial charge on any atom is 0.208 e. The highest BCUT2D eigenvalue weighted by atomic mass is 32.2. The summed E-state index contributed by atoms with van der Waals surface area (Å²) in [6.07, 6.45) is 5.95. The molecule has 0 aliphatic rings. The average molecular weight is 448 g/mol. The molecule has 154 valence electrons. The number of thioether (sulfide) groups is 1. The van der Waals surface area contributed by atoms with E-state index in [0.717, 1.165) is 28.7 Å². The molecular weight excluding hydrogens is 422 g/mol. The molecule has 0 bridgehead atoms. The number of nitrogen functional groups attached to an aromatic ring is 1. The van der Waals surface area contributed by atoms with Gasteiger partial charge in [-0.05, 0) is 61.4 Å². The lowest BCUT2D eigenvalue weighted by atomic mass is 9.98. The molecule has 1 heterocycles. The van der Waals surface area contributed by atoms with E-state index < -0.39 is 9.84 Å². The minimum atomic E-state index is -3.78. The SMILES string of the molecule is CC/C(C)=C\C(=C(\C)C=N)c1cccc(S(=O)(=O)c2cc(C(=N)N)sc2SC)c1. The third-order valence-corrected chi connectivity index (χ3v) is 8.79.